The quantitative estimate of drug-likeness (QED) is 0.382. The number of alkyl halides is 3. The van der Waals surface area contributed by atoms with Gasteiger partial charge in [0.1, 0.15) is 0 Å². The average Bonchev–Trinajstić information content (AvgIpc) is 3.18. The van der Waals surface area contributed by atoms with Gasteiger partial charge in [0.15, 0.2) is 0 Å². The van der Waals surface area contributed by atoms with Gasteiger partial charge in [-0.2, -0.15) is 13.2 Å². The molecule has 1 aromatic carbocycles. The predicted molar refractivity (Wildman–Crippen MR) is 112 cm³/mol. The SMILES string of the molecule is CCc1sc(C(=O)NO)cc1C1CCCCN1C(=O)Nc1ccc(Cl)c(C(F)(F)F)c1. The number of nitrogens with one attached hydrogen (secondary N) is 2. The largest absolute Gasteiger partial charge is 0.417 e. The van der Waals surface area contributed by atoms with Crippen LogP contribution in [0.2, 0.25) is 5.02 Å². The number of hydrogen-bond donors (Lipinski definition) is 3. The van der Waals surface area contributed by atoms with Gasteiger partial charge in [-0.1, -0.05) is 18.5 Å². The van der Waals surface area contributed by atoms with E-state index in [2.05, 4.69) is 5.32 Å². The molecule has 3 rings (SSSR count). The highest BCUT2D eigenvalue weighted by Crippen LogP contribution is 2.39. The fourth-order valence-corrected chi connectivity index (χ4v) is 4.95. The molecule has 1 aromatic heterocycles. The highest BCUT2D eigenvalue weighted by atomic mass is 35.5. The zero-order chi connectivity index (χ0) is 22.8. The first-order valence-electron chi connectivity index (χ1n) is 9.67. The summed E-state index contributed by atoms with van der Waals surface area (Å²) in [5.74, 6) is -0.626. The van der Waals surface area contributed by atoms with Crippen molar-refractivity contribution in [2.45, 2.75) is 44.8 Å². The number of carbonyl (C=O) groups excluding carboxylic acids is 2. The van der Waals surface area contributed by atoms with Crippen molar-refractivity contribution in [2.75, 3.05) is 11.9 Å². The van der Waals surface area contributed by atoms with Crippen molar-refractivity contribution in [3.8, 4) is 0 Å². The number of carbonyl (C=O) groups is 2. The smallest absolute Gasteiger partial charge is 0.317 e. The molecule has 0 radical (unpaired) electrons. The monoisotopic (exact) mass is 475 g/mol. The van der Waals surface area contributed by atoms with Gasteiger partial charge < -0.3 is 10.2 Å². The van der Waals surface area contributed by atoms with E-state index in [9.17, 15) is 22.8 Å². The van der Waals surface area contributed by atoms with Crippen molar-refractivity contribution in [3.05, 3.63) is 50.2 Å². The number of anilines is 1. The van der Waals surface area contributed by atoms with Gasteiger partial charge >= 0.3 is 12.2 Å². The van der Waals surface area contributed by atoms with E-state index >= 15 is 0 Å². The van der Waals surface area contributed by atoms with Crippen LogP contribution in [0.25, 0.3) is 0 Å². The Balaban J connectivity index is 1.87. The number of amides is 3. The van der Waals surface area contributed by atoms with Gasteiger partial charge in [0.2, 0.25) is 0 Å². The van der Waals surface area contributed by atoms with E-state index in [1.54, 1.807) is 16.4 Å². The minimum absolute atomic E-state index is 0.00701. The fraction of sp³-hybridized carbons (Fsp3) is 0.400. The van der Waals surface area contributed by atoms with Crippen molar-refractivity contribution in [1.29, 1.82) is 0 Å². The molecule has 31 heavy (non-hydrogen) atoms. The molecule has 0 bridgehead atoms. The van der Waals surface area contributed by atoms with Crippen LogP contribution in [0.3, 0.4) is 0 Å². The summed E-state index contributed by atoms with van der Waals surface area (Å²) >= 11 is 6.89. The van der Waals surface area contributed by atoms with Crippen LogP contribution in [-0.4, -0.2) is 28.6 Å². The predicted octanol–water partition coefficient (Wildman–Crippen LogP) is 5.86. The summed E-state index contributed by atoms with van der Waals surface area (Å²) in [6.07, 6.45) is -1.72. The van der Waals surface area contributed by atoms with Gasteiger partial charge in [-0.3, -0.25) is 10.0 Å². The molecule has 1 aliphatic rings. The number of thiophene rings is 1. The second-order valence-electron chi connectivity index (χ2n) is 7.11. The molecule has 2 heterocycles. The number of urea groups is 1. The minimum atomic E-state index is -4.64. The Hall–Kier alpha value is -2.30. The van der Waals surface area contributed by atoms with E-state index in [1.165, 1.54) is 17.4 Å². The van der Waals surface area contributed by atoms with Crippen LogP contribution in [0.1, 0.15) is 57.9 Å². The Morgan fingerprint density at radius 2 is 2.03 bits per heavy atom. The van der Waals surface area contributed by atoms with Gasteiger partial charge in [-0.15, -0.1) is 11.3 Å². The van der Waals surface area contributed by atoms with Crippen molar-refractivity contribution >= 4 is 40.6 Å². The molecular weight excluding hydrogens is 455 g/mol. The fourth-order valence-electron chi connectivity index (χ4n) is 3.68. The maximum absolute atomic E-state index is 13.1. The number of likely N-dealkylation sites (tertiary alicyclic amines) is 1. The summed E-state index contributed by atoms with van der Waals surface area (Å²) in [5.41, 5.74) is 1.40. The molecule has 0 aliphatic carbocycles. The van der Waals surface area contributed by atoms with E-state index in [-0.39, 0.29) is 11.7 Å². The average molecular weight is 476 g/mol. The molecule has 1 aliphatic heterocycles. The van der Waals surface area contributed by atoms with Crippen molar-refractivity contribution in [1.82, 2.24) is 10.4 Å². The highest BCUT2D eigenvalue weighted by Gasteiger charge is 2.34. The molecule has 2 aromatic rings. The zero-order valence-corrected chi connectivity index (χ0v) is 18.1. The highest BCUT2D eigenvalue weighted by molar-refractivity contribution is 7.14. The first kappa shape index (κ1) is 23.4. The Bertz CT molecular complexity index is 980. The van der Waals surface area contributed by atoms with Crippen LogP contribution >= 0.6 is 22.9 Å². The van der Waals surface area contributed by atoms with Crippen molar-refractivity contribution in [3.63, 3.8) is 0 Å². The van der Waals surface area contributed by atoms with Crippen LogP contribution in [0.4, 0.5) is 23.7 Å². The second kappa shape index (κ2) is 9.46. The number of hydrogen-bond acceptors (Lipinski definition) is 4. The van der Waals surface area contributed by atoms with E-state index in [4.69, 9.17) is 16.8 Å². The molecular formula is C20H21ClF3N3O3S. The third kappa shape index (κ3) is 5.13. The van der Waals surface area contributed by atoms with Gasteiger partial charge in [0.25, 0.3) is 5.91 Å². The zero-order valence-electron chi connectivity index (χ0n) is 16.6. The lowest BCUT2D eigenvalue weighted by molar-refractivity contribution is -0.137. The standard InChI is InChI=1S/C20H21ClF3N3O3S/c1-2-16-12(10-17(31-16)18(28)26-30)15-5-3-4-8-27(15)19(29)25-11-6-7-14(21)13(9-11)20(22,23)24/h6-7,9-10,15,30H,2-5,8H2,1H3,(H,25,29)(H,26,28). The molecule has 0 saturated carbocycles. The maximum atomic E-state index is 13.1. The van der Waals surface area contributed by atoms with Crippen LogP contribution in [0, 0.1) is 0 Å². The van der Waals surface area contributed by atoms with Crippen LogP contribution in [-0.2, 0) is 12.6 Å². The van der Waals surface area contributed by atoms with Gasteiger partial charge in [-0.05, 0) is 55.5 Å². The van der Waals surface area contributed by atoms with Gasteiger partial charge in [-0.25, -0.2) is 10.3 Å². The summed E-state index contributed by atoms with van der Waals surface area (Å²) in [6, 6.07) is 4.04. The molecule has 3 amide bonds. The molecule has 11 heteroatoms. The summed E-state index contributed by atoms with van der Waals surface area (Å²) in [6.45, 7) is 2.35. The topological polar surface area (TPSA) is 81.7 Å². The van der Waals surface area contributed by atoms with E-state index in [0.717, 1.165) is 35.4 Å². The van der Waals surface area contributed by atoms with Crippen molar-refractivity contribution in [2.24, 2.45) is 0 Å². The van der Waals surface area contributed by atoms with Crippen molar-refractivity contribution < 1.29 is 28.0 Å². The first-order chi connectivity index (χ1) is 14.7. The Morgan fingerprint density at radius 1 is 1.29 bits per heavy atom. The molecule has 1 fully saturated rings. The number of hydroxylamine groups is 1. The molecule has 6 nitrogen and oxygen atoms in total. The normalized spacial score (nSPS) is 16.8. The maximum Gasteiger partial charge on any atom is 0.417 e. The third-order valence-electron chi connectivity index (χ3n) is 5.13. The number of benzene rings is 1. The molecule has 1 unspecified atom stereocenters. The lowest BCUT2D eigenvalue weighted by atomic mass is 9.95. The van der Waals surface area contributed by atoms with E-state index in [1.807, 2.05) is 6.92 Å². The summed E-state index contributed by atoms with van der Waals surface area (Å²) in [7, 11) is 0. The summed E-state index contributed by atoms with van der Waals surface area (Å²) in [4.78, 5) is 27.6. The van der Waals surface area contributed by atoms with Crippen LogP contribution in [0.5, 0.6) is 0 Å². The van der Waals surface area contributed by atoms with E-state index < -0.39 is 28.7 Å². The Kier molecular flexibility index (Phi) is 7.13. The third-order valence-corrected chi connectivity index (χ3v) is 6.76. The number of nitrogens with zero attached hydrogens (tertiary/aromatic N) is 1. The lowest BCUT2D eigenvalue weighted by Crippen LogP contribution is -2.41. The molecule has 3 N–H and O–H groups in total. The lowest BCUT2D eigenvalue weighted by Gasteiger charge is -2.36. The molecule has 1 atom stereocenters. The van der Waals surface area contributed by atoms with E-state index in [0.29, 0.717) is 24.3 Å². The first-order valence-corrected chi connectivity index (χ1v) is 10.9. The Morgan fingerprint density at radius 3 is 2.68 bits per heavy atom. The summed E-state index contributed by atoms with van der Waals surface area (Å²) < 4.78 is 39.4. The molecule has 0 spiro atoms. The number of halogens is 4. The number of aryl methyl sites for hydroxylation is 1. The van der Waals surface area contributed by atoms with Gasteiger partial charge in [0, 0.05) is 17.1 Å². The number of rotatable bonds is 4. The Labute approximate surface area is 186 Å². The molecule has 1 saturated heterocycles. The number of piperidine rings is 1. The van der Waals surface area contributed by atoms with Crippen LogP contribution in [0.15, 0.2) is 24.3 Å². The second-order valence-corrected chi connectivity index (χ2v) is 8.66. The minimum Gasteiger partial charge on any atom is -0.317 e. The molecule has 168 valence electrons. The summed E-state index contributed by atoms with van der Waals surface area (Å²) in [5, 5.41) is 11.0. The van der Waals surface area contributed by atoms with Gasteiger partial charge in [0.05, 0.1) is 21.5 Å². The van der Waals surface area contributed by atoms with Crippen LogP contribution < -0.4 is 10.8 Å².